The summed E-state index contributed by atoms with van der Waals surface area (Å²) in [5, 5.41) is 12.9. The molecule has 1 aliphatic heterocycles. The number of ether oxygens (including phenoxy) is 1. The minimum Gasteiger partial charge on any atom is -0.395 e. The molecule has 1 fully saturated rings. The van der Waals surface area contributed by atoms with Crippen LogP contribution in [0.4, 0.5) is 0 Å². The number of rotatable bonds is 10. The second kappa shape index (κ2) is 9.72. The lowest BCUT2D eigenvalue weighted by Gasteiger charge is -2.41. The zero-order valence-corrected chi connectivity index (χ0v) is 13.7. The lowest BCUT2D eigenvalue weighted by Crippen LogP contribution is -2.50. The monoisotopic (exact) mass is 286 g/mol. The second-order valence-corrected chi connectivity index (χ2v) is 6.68. The summed E-state index contributed by atoms with van der Waals surface area (Å²) in [7, 11) is 0. The Bertz CT molecular complexity index is 235. The van der Waals surface area contributed by atoms with Crippen LogP contribution in [-0.2, 0) is 4.74 Å². The fourth-order valence-electron chi connectivity index (χ4n) is 3.06. The van der Waals surface area contributed by atoms with Crippen LogP contribution in [0.1, 0.15) is 40.0 Å². The maximum Gasteiger partial charge on any atom is 0.0558 e. The van der Waals surface area contributed by atoms with Gasteiger partial charge in [-0.3, -0.25) is 0 Å². The average Bonchev–Trinajstić information content (AvgIpc) is 2.40. The first-order chi connectivity index (χ1) is 9.62. The van der Waals surface area contributed by atoms with Crippen LogP contribution < -0.4 is 5.32 Å². The van der Waals surface area contributed by atoms with Crippen molar-refractivity contribution in [3.05, 3.63) is 0 Å². The first-order valence-corrected chi connectivity index (χ1v) is 8.23. The standard InChI is InChI=1S/C16H34N2O2/c1-4-7-18(8-9-19)13-16(6-5-10-20-14-16)12-17-11-15(2)3/h15,17,19H,4-14H2,1-3H3. The molecule has 1 aliphatic rings. The first-order valence-electron chi connectivity index (χ1n) is 8.23. The molecule has 1 atom stereocenters. The predicted octanol–water partition coefficient (Wildman–Crippen LogP) is 1.73. The van der Waals surface area contributed by atoms with E-state index in [1.54, 1.807) is 0 Å². The molecular formula is C16H34N2O2. The summed E-state index contributed by atoms with van der Waals surface area (Å²) in [4.78, 5) is 2.39. The normalized spacial score (nSPS) is 23.7. The van der Waals surface area contributed by atoms with Crippen molar-refractivity contribution in [1.82, 2.24) is 10.2 Å². The van der Waals surface area contributed by atoms with Crippen LogP contribution in [0.15, 0.2) is 0 Å². The lowest BCUT2D eigenvalue weighted by molar-refractivity contribution is -0.0282. The Morgan fingerprint density at radius 1 is 1.35 bits per heavy atom. The van der Waals surface area contributed by atoms with Gasteiger partial charge >= 0.3 is 0 Å². The van der Waals surface area contributed by atoms with Crippen LogP contribution in [-0.4, -0.2) is 62.6 Å². The molecule has 0 aromatic rings. The van der Waals surface area contributed by atoms with Crippen LogP contribution in [0.5, 0.6) is 0 Å². The summed E-state index contributed by atoms with van der Waals surface area (Å²) >= 11 is 0. The third-order valence-corrected chi connectivity index (χ3v) is 3.97. The van der Waals surface area contributed by atoms with Gasteiger partial charge in [-0.2, -0.15) is 0 Å². The van der Waals surface area contributed by atoms with E-state index in [9.17, 15) is 5.11 Å². The summed E-state index contributed by atoms with van der Waals surface area (Å²) in [6.07, 6.45) is 3.52. The Kier molecular flexibility index (Phi) is 8.69. The highest BCUT2D eigenvalue weighted by molar-refractivity contribution is 4.87. The maximum atomic E-state index is 9.24. The van der Waals surface area contributed by atoms with Crippen LogP contribution in [0.2, 0.25) is 0 Å². The summed E-state index contributed by atoms with van der Waals surface area (Å²) in [6, 6.07) is 0. The molecule has 120 valence electrons. The molecule has 0 amide bonds. The molecule has 0 aromatic heterocycles. The third-order valence-electron chi connectivity index (χ3n) is 3.97. The molecule has 1 rings (SSSR count). The van der Waals surface area contributed by atoms with Gasteiger partial charge in [-0.15, -0.1) is 0 Å². The first kappa shape index (κ1) is 17.9. The van der Waals surface area contributed by atoms with E-state index in [-0.39, 0.29) is 12.0 Å². The topological polar surface area (TPSA) is 44.7 Å². The molecule has 0 aliphatic carbocycles. The molecule has 0 bridgehead atoms. The number of nitrogens with zero attached hydrogens (tertiary/aromatic N) is 1. The van der Waals surface area contributed by atoms with Gasteiger partial charge in [0.15, 0.2) is 0 Å². The number of hydrogen-bond acceptors (Lipinski definition) is 4. The predicted molar refractivity (Wildman–Crippen MR) is 84.0 cm³/mol. The summed E-state index contributed by atoms with van der Waals surface area (Å²) in [5.41, 5.74) is 0.220. The second-order valence-electron chi connectivity index (χ2n) is 6.68. The lowest BCUT2D eigenvalue weighted by atomic mass is 9.81. The molecule has 4 nitrogen and oxygen atoms in total. The minimum absolute atomic E-state index is 0.220. The van der Waals surface area contributed by atoms with Crippen molar-refractivity contribution in [2.75, 3.05) is 52.5 Å². The number of aliphatic hydroxyl groups excluding tert-OH is 1. The molecule has 4 heteroatoms. The molecule has 0 aromatic carbocycles. The van der Waals surface area contributed by atoms with Gasteiger partial charge < -0.3 is 20.1 Å². The van der Waals surface area contributed by atoms with Gasteiger partial charge in [0, 0.05) is 31.7 Å². The van der Waals surface area contributed by atoms with Gasteiger partial charge in [0.2, 0.25) is 0 Å². The summed E-state index contributed by atoms with van der Waals surface area (Å²) in [5.74, 6) is 0.681. The van der Waals surface area contributed by atoms with E-state index in [2.05, 4.69) is 31.0 Å². The molecule has 1 heterocycles. The molecular weight excluding hydrogens is 252 g/mol. The van der Waals surface area contributed by atoms with E-state index in [1.807, 2.05) is 0 Å². The Morgan fingerprint density at radius 3 is 2.70 bits per heavy atom. The highest BCUT2D eigenvalue weighted by Crippen LogP contribution is 2.29. The number of nitrogens with one attached hydrogen (secondary N) is 1. The Balaban J connectivity index is 2.56. The van der Waals surface area contributed by atoms with Gasteiger partial charge in [-0.05, 0) is 38.3 Å². The number of hydrogen-bond donors (Lipinski definition) is 2. The largest absolute Gasteiger partial charge is 0.395 e. The molecule has 1 unspecified atom stereocenters. The van der Waals surface area contributed by atoms with E-state index >= 15 is 0 Å². The van der Waals surface area contributed by atoms with Gasteiger partial charge in [0.05, 0.1) is 13.2 Å². The van der Waals surface area contributed by atoms with Crippen molar-refractivity contribution in [2.45, 2.75) is 40.0 Å². The highest BCUT2D eigenvalue weighted by Gasteiger charge is 2.34. The highest BCUT2D eigenvalue weighted by atomic mass is 16.5. The van der Waals surface area contributed by atoms with Gasteiger partial charge in [0.1, 0.15) is 0 Å². The van der Waals surface area contributed by atoms with Crippen LogP contribution >= 0.6 is 0 Å². The van der Waals surface area contributed by atoms with Crippen molar-refractivity contribution in [2.24, 2.45) is 11.3 Å². The van der Waals surface area contributed by atoms with Crippen LogP contribution in [0, 0.1) is 11.3 Å². The fourth-order valence-corrected chi connectivity index (χ4v) is 3.06. The Hall–Kier alpha value is -0.160. The van der Waals surface area contributed by atoms with Crippen molar-refractivity contribution in [3.8, 4) is 0 Å². The van der Waals surface area contributed by atoms with E-state index < -0.39 is 0 Å². The SMILES string of the molecule is CCCN(CCO)CC1(CNCC(C)C)CCCOC1. The van der Waals surface area contributed by atoms with E-state index in [0.29, 0.717) is 5.92 Å². The zero-order chi connectivity index (χ0) is 14.8. The van der Waals surface area contributed by atoms with Crippen molar-refractivity contribution in [3.63, 3.8) is 0 Å². The smallest absolute Gasteiger partial charge is 0.0558 e. The van der Waals surface area contributed by atoms with Crippen molar-refractivity contribution >= 4 is 0 Å². The summed E-state index contributed by atoms with van der Waals surface area (Å²) in [6.45, 7) is 13.6. The Labute approximate surface area is 124 Å². The van der Waals surface area contributed by atoms with Gasteiger partial charge in [-0.25, -0.2) is 0 Å². The van der Waals surface area contributed by atoms with Crippen molar-refractivity contribution < 1.29 is 9.84 Å². The van der Waals surface area contributed by atoms with Crippen LogP contribution in [0.3, 0.4) is 0 Å². The average molecular weight is 286 g/mol. The Morgan fingerprint density at radius 2 is 2.15 bits per heavy atom. The molecule has 0 saturated carbocycles. The van der Waals surface area contributed by atoms with E-state index in [0.717, 1.165) is 58.8 Å². The third kappa shape index (κ3) is 6.53. The molecule has 20 heavy (non-hydrogen) atoms. The zero-order valence-electron chi connectivity index (χ0n) is 13.7. The molecule has 0 radical (unpaired) electrons. The molecule has 0 spiro atoms. The molecule has 1 saturated heterocycles. The summed E-state index contributed by atoms with van der Waals surface area (Å²) < 4.78 is 5.77. The molecule has 2 N–H and O–H groups in total. The van der Waals surface area contributed by atoms with Gasteiger partial charge in [-0.1, -0.05) is 20.8 Å². The van der Waals surface area contributed by atoms with Gasteiger partial charge in [0.25, 0.3) is 0 Å². The fraction of sp³-hybridized carbons (Fsp3) is 1.00. The maximum absolute atomic E-state index is 9.24. The quantitative estimate of drug-likeness (QED) is 0.642. The van der Waals surface area contributed by atoms with E-state index in [4.69, 9.17) is 4.74 Å². The van der Waals surface area contributed by atoms with Crippen LogP contribution in [0.25, 0.3) is 0 Å². The minimum atomic E-state index is 0.220. The van der Waals surface area contributed by atoms with E-state index in [1.165, 1.54) is 6.42 Å². The number of aliphatic hydroxyl groups is 1. The van der Waals surface area contributed by atoms with Crippen molar-refractivity contribution in [1.29, 1.82) is 0 Å².